The maximum atomic E-state index is 12.3. The van der Waals surface area contributed by atoms with Crippen molar-refractivity contribution in [2.45, 2.75) is 4.90 Å². The van der Waals surface area contributed by atoms with Gasteiger partial charge in [0.2, 0.25) is 0 Å². The van der Waals surface area contributed by atoms with Crippen molar-refractivity contribution in [3.63, 3.8) is 0 Å². The molecule has 9 heteroatoms. The Hall–Kier alpha value is -2.55. The quantitative estimate of drug-likeness (QED) is 0.559. The summed E-state index contributed by atoms with van der Waals surface area (Å²) in [6.45, 7) is 0. The molecule has 1 heterocycles. The van der Waals surface area contributed by atoms with E-state index in [1.807, 2.05) is 0 Å². The SMILES string of the molecule is COC(=O)c1ccc(N)cc1S(=O)(=O)Nc1ccn[nH]1. The number of esters is 1. The van der Waals surface area contributed by atoms with Gasteiger partial charge in [-0.1, -0.05) is 0 Å². The Bertz CT molecular complexity index is 725. The maximum Gasteiger partial charge on any atom is 0.339 e. The van der Waals surface area contributed by atoms with Crippen molar-refractivity contribution in [1.29, 1.82) is 0 Å². The number of sulfonamides is 1. The minimum absolute atomic E-state index is 0.103. The first-order chi connectivity index (χ1) is 9.44. The van der Waals surface area contributed by atoms with E-state index in [9.17, 15) is 13.2 Å². The second-order valence-electron chi connectivity index (χ2n) is 3.82. The lowest BCUT2D eigenvalue weighted by Crippen LogP contribution is -2.18. The summed E-state index contributed by atoms with van der Waals surface area (Å²) in [6, 6.07) is 5.33. The minimum atomic E-state index is -3.99. The van der Waals surface area contributed by atoms with Crippen LogP contribution in [0.2, 0.25) is 0 Å². The van der Waals surface area contributed by atoms with Crippen molar-refractivity contribution in [3.8, 4) is 0 Å². The van der Waals surface area contributed by atoms with E-state index >= 15 is 0 Å². The molecular weight excluding hydrogens is 284 g/mol. The molecule has 4 N–H and O–H groups in total. The van der Waals surface area contributed by atoms with Gasteiger partial charge in [-0.3, -0.25) is 9.82 Å². The van der Waals surface area contributed by atoms with Gasteiger partial charge < -0.3 is 10.5 Å². The number of aromatic nitrogens is 2. The zero-order valence-corrected chi connectivity index (χ0v) is 11.3. The molecule has 0 unspecified atom stereocenters. The minimum Gasteiger partial charge on any atom is -0.465 e. The van der Waals surface area contributed by atoms with E-state index < -0.39 is 16.0 Å². The van der Waals surface area contributed by atoms with Crippen LogP contribution >= 0.6 is 0 Å². The number of anilines is 2. The van der Waals surface area contributed by atoms with Crippen LogP contribution in [0.1, 0.15) is 10.4 Å². The zero-order valence-electron chi connectivity index (χ0n) is 10.5. The number of nitrogens with one attached hydrogen (secondary N) is 2. The third kappa shape index (κ3) is 2.72. The highest BCUT2D eigenvalue weighted by molar-refractivity contribution is 7.92. The molecular formula is C11H12N4O4S. The molecule has 0 spiro atoms. The van der Waals surface area contributed by atoms with Crippen LogP contribution in [0.3, 0.4) is 0 Å². The van der Waals surface area contributed by atoms with E-state index in [4.69, 9.17) is 5.73 Å². The second kappa shape index (κ2) is 5.21. The van der Waals surface area contributed by atoms with Crippen molar-refractivity contribution in [2.75, 3.05) is 17.6 Å². The number of nitrogens with zero attached hydrogens (tertiary/aromatic N) is 1. The molecule has 8 nitrogen and oxygen atoms in total. The molecule has 0 radical (unpaired) electrons. The lowest BCUT2D eigenvalue weighted by atomic mass is 10.2. The van der Waals surface area contributed by atoms with Crippen LogP contribution in [0.15, 0.2) is 35.4 Å². The number of nitrogens with two attached hydrogens (primary N) is 1. The highest BCUT2D eigenvalue weighted by atomic mass is 32.2. The lowest BCUT2D eigenvalue weighted by Gasteiger charge is -2.10. The van der Waals surface area contributed by atoms with E-state index in [0.29, 0.717) is 0 Å². The first-order valence-electron chi connectivity index (χ1n) is 5.44. The summed E-state index contributed by atoms with van der Waals surface area (Å²) in [7, 11) is -2.83. The van der Waals surface area contributed by atoms with Gasteiger partial charge in [-0.15, -0.1) is 0 Å². The largest absolute Gasteiger partial charge is 0.465 e. The summed E-state index contributed by atoms with van der Waals surface area (Å²) in [5.74, 6) is -0.599. The third-order valence-electron chi connectivity index (χ3n) is 2.45. The summed E-state index contributed by atoms with van der Waals surface area (Å²) in [5, 5.41) is 6.08. The molecule has 1 aromatic heterocycles. The number of carbonyl (C=O) groups is 1. The van der Waals surface area contributed by atoms with Crippen LogP contribution in [-0.2, 0) is 14.8 Å². The molecule has 0 fully saturated rings. The highest BCUT2D eigenvalue weighted by Crippen LogP contribution is 2.22. The number of H-pyrrole nitrogens is 1. The molecule has 0 amide bonds. The number of carbonyl (C=O) groups excluding carboxylic acids is 1. The smallest absolute Gasteiger partial charge is 0.339 e. The van der Waals surface area contributed by atoms with Crippen LogP contribution in [-0.4, -0.2) is 31.7 Å². The summed E-state index contributed by atoms with van der Waals surface area (Å²) in [5.41, 5.74) is 5.68. The van der Waals surface area contributed by atoms with E-state index in [1.54, 1.807) is 0 Å². The maximum absolute atomic E-state index is 12.3. The Morgan fingerprint density at radius 2 is 2.15 bits per heavy atom. The third-order valence-corrected chi connectivity index (χ3v) is 3.85. The summed E-state index contributed by atoms with van der Waals surface area (Å²) >= 11 is 0. The van der Waals surface area contributed by atoms with Gasteiger partial charge in [0.1, 0.15) is 10.7 Å². The Morgan fingerprint density at radius 3 is 2.75 bits per heavy atom. The average Bonchev–Trinajstić information content (AvgIpc) is 2.90. The van der Waals surface area contributed by atoms with Crippen molar-refractivity contribution in [3.05, 3.63) is 36.0 Å². The van der Waals surface area contributed by atoms with Crippen LogP contribution < -0.4 is 10.5 Å². The molecule has 2 aromatic rings. The van der Waals surface area contributed by atoms with Crippen LogP contribution in [0, 0.1) is 0 Å². The van der Waals surface area contributed by atoms with E-state index in [2.05, 4.69) is 19.7 Å². The Balaban J connectivity index is 2.50. The number of nitrogen functional groups attached to an aromatic ring is 1. The van der Waals surface area contributed by atoms with Gasteiger partial charge in [0.05, 0.1) is 18.9 Å². The molecule has 1 aromatic carbocycles. The van der Waals surface area contributed by atoms with E-state index in [0.717, 1.165) is 7.11 Å². The normalized spacial score (nSPS) is 11.1. The molecule has 0 aliphatic heterocycles. The first-order valence-corrected chi connectivity index (χ1v) is 6.92. The van der Waals surface area contributed by atoms with Gasteiger partial charge in [-0.05, 0) is 18.2 Å². The number of methoxy groups -OCH3 is 1. The van der Waals surface area contributed by atoms with Gasteiger partial charge in [0.25, 0.3) is 10.0 Å². The van der Waals surface area contributed by atoms with Gasteiger partial charge in [-0.25, -0.2) is 13.2 Å². The number of rotatable bonds is 4. The molecule has 0 saturated heterocycles. The topological polar surface area (TPSA) is 127 Å². The van der Waals surface area contributed by atoms with Crippen molar-refractivity contribution in [2.24, 2.45) is 0 Å². The van der Waals surface area contributed by atoms with Crippen LogP contribution in [0.25, 0.3) is 0 Å². The molecule has 106 valence electrons. The van der Waals surface area contributed by atoms with E-state index in [1.165, 1.54) is 30.5 Å². The highest BCUT2D eigenvalue weighted by Gasteiger charge is 2.23. The molecule has 0 aliphatic rings. The molecule has 0 saturated carbocycles. The number of hydrogen-bond donors (Lipinski definition) is 3. The Kier molecular flexibility index (Phi) is 3.61. The second-order valence-corrected chi connectivity index (χ2v) is 5.47. The molecule has 0 bridgehead atoms. The molecule has 0 atom stereocenters. The molecule has 0 aliphatic carbocycles. The molecule has 20 heavy (non-hydrogen) atoms. The van der Waals surface area contributed by atoms with Crippen molar-refractivity contribution in [1.82, 2.24) is 10.2 Å². The number of benzene rings is 1. The van der Waals surface area contributed by atoms with Gasteiger partial charge in [-0.2, -0.15) is 5.10 Å². The zero-order chi connectivity index (χ0) is 14.8. The fourth-order valence-electron chi connectivity index (χ4n) is 1.55. The fraction of sp³-hybridized carbons (Fsp3) is 0.0909. The Morgan fingerprint density at radius 1 is 1.40 bits per heavy atom. The molecule has 2 rings (SSSR count). The van der Waals surface area contributed by atoms with Crippen LogP contribution in [0.4, 0.5) is 11.5 Å². The number of aromatic amines is 1. The first kappa shape index (κ1) is 13.9. The Labute approximate surface area is 115 Å². The summed E-state index contributed by atoms with van der Waals surface area (Å²) in [6.07, 6.45) is 1.39. The monoisotopic (exact) mass is 296 g/mol. The van der Waals surface area contributed by atoms with Gasteiger partial charge >= 0.3 is 5.97 Å². The average molecular weight is 296 g/mol. The standard InChI is InChI=1S/C11H12N4O4S/c1-19-11(16)8-3-2-7(12)6-9(8)20(17,18)15-10-4-5-13-14-10/h2-6H,12H2,1H3,(H2,13,14,15). The van der Waals surface area contributed by atoms with Crippen molar-refractivity contribution < 1.29 is 17.9 Å². The van der Waals surface area contributed by atoms with Gasteiger partial charge in [0.15, 0.2) is 0 Å². The fourth-order valence-corrected chi connectivity index (χ4v) is 2.80. The lowest BCUT2D eigenvalue weighted by molar-refractivity contribution is 0.0596. The number of ether oxygens (including phenoxy) is 1. The number of hydrogen-bond acceptors (Lipinski definition) is 6. The predicted octanol–water partition coefficient (Wildman–Crippen LogP) is 0.579. The summed E-state index contributed by atoms with van der Waals surface area (Å²) < 4.78 is 31.3. The summed E-state index contributed by atoms with van der Waals surface area (Å²) in [4.78, 5) is 11.4. The van der Waals surface area contributed by atoms with Crippen molar-refractivity contribution >= 4 is 27.5 Å². The van der Waals surface area contributed by atoms with Crippen LogP contribution in [0.5, 0.6) is 0 Å². The predicted molar refractivity (Wildman–Crippen MR) is 71.6 cm³/mol. The van der Waals surface area contributed by atoms with Gasteiger partial charge in [0, 0.05) is 11.8 Å². The van der Waals surface area contributed by atoms with E-state index in [-0.39, 0.29) is 22.0 Å².